The van der Waals surface area contributed by atoms with E-state index in [0.717, 1.165) is 0 Å². The highest BCUT2D eigenvalue weighted by Crippen LogP contribution is 2.37. The minimum atomic E-state index is 0.602. The lowest BCUT2D eigenvalue weighted by atomic mass is 9.77. The fraction of sp³-hybridized carbons (Fsp3) is 0.818. The Hall–Kier alpha value is 0.220. The number of hydrogen-bond donors (Lipinski definition) is 0. The van der Waals surface area contributed by atoms with Gasteiger partial charge in [0.15, 0.2) is 0 Å². The minimum absolute atomic E-state index is 0.602. The zero-order valence-corrected chi connectivity index (χ0v) is 9.57. The Labute approximate surface area is 84.6 Å². The van der Waals surface area contributed by atoms with Crippen LogP contribution >= 0.6 is 15.9 Å². The fourth-order valence-corrected chi connectivity index (χ4v) is 2.88. The first-order valence-corrected chi connectivity index (χ1v) is 6.16. The normalized spacial score (nSPS) is 33.8. The number of hydrogen-bond acceptors (Lipinski definition) is 0. The van der Waals surface area contributed by atoms with Crippen LogP contribution in [0.1, 0.15) is 45.4 Å². The van der Waals surface area contributed by atoms with Gasteiger partial charge in [0.25, 0.3) is 0 Å². The van der Waals surface area contributed by atoms with Gasteiger partial charge in [0.2, 0.25) is 0 Å². The molecule has 1 heteroatoms. The van der Waals surface area contributed by atoms with Gasteiger partial charge in [0.05, 0.1) is 0 Å². The maximum absolute atomic E-state index is 3.66. The van der Waals surface area contributed by atoms with Crippen molar-refractivity contribution in [3.63, 3.8) is 0 Å². The molecule has 0 aromatic carbocycles. The molecule has 0 saturated carbocycles. The van der Waals surface area contributed by atoms with Gasteiger partial charge in [-0.15, -0.1) is 0 Å². The molecular formula is C11H19Br. The van der Waals surface area contributed by atoms with Crippen molar-refractivity contribution in [2.24, 2.45) is 5.41 Å². The number of halogens is 1. The SMILES string of the molecule is CCC1(CBr)CC/C=C\CCC1. The number of rotatable bonds is 2. The maximum atomic E-state index is 3.66. The molecule has 0 fully saturated rings. The van der Waals surface area contributed by atoms with Crippen LogP contribution in [0.5, 0.6) is 0 Å². The van der Waals surface area contributed by atoms with Crippen molar-refractivity contribution >= 4 is 15.9 Å². The molecule has 0 heterocycles. The molecule has 0 aliphatic heterocycles. The summed E-state index contributed by atoms with van der Waals surface area (Å²) in [5.41, 5.74) is 0.602. The third-order valence-electron chi connectivity index (χ3n) is 3.12. The highest BCUT2D eigenvalue weighted by molar-refractivity contribution is 9.09. The lowest BCUT2D eigenvalue weighted by molar-refractivity contribution is 0.264. The molecule has 0 spiro atoms. The van der Waals surface area contributed by atoms with Crippen LogP contribution in [0.25, 0.3) is 0 Å². The van der Waals surface area contributed by atoms with E-state index in [1.807, 2.05) is 0 Å². The van der Waals surface area contributed by atoms with Crippen LogP contribution in [0.2, 0.25) is 0 Å². The molecule has 0 nitrogen and oxygen atoms in total. The summed E-state index contributed by atoms with van der Waals surface area (Å²) in [7, 11) is 0. The van der Waals surface area contributed by atoms with Gasteiger partial charge < -0.3 is 0 Å². The molecule has 1 aliphatic rings. The third-order valence-corrected chi connectivity index (χ3v) is 4.31. The fourth-order valence-electron chi connectivity index (χ4n) is 1.93. The van der Waals surface area contributed by atoms with Crippen molar-refractivity contribution in [1.82, 2.24) is 0 Å². The van der Waals surface area contributed by atoms with Crippen molar-refractivity contribution in [1.29, 1.82) is 0 Å². The molecule has 0 amide bonds. The zero-order chi connectivity index (χ0) is 8.86. The highest BCUT2D eigenvalue weighted by atomic mass is 79.9. The van der Waals surface area contributed by atoms with E-state index < -0.39 is 0 Å². The third kappa shape index (κ3) is 2.62. The number of alkyl halides is 1. The summed E-state index contributed by atoms with van der Waals surface area (Å²) in [4.78, 5) is 0. The van der Waals surface area contributed by atoms with E-state index in [4.69, 9.17) is 0 Å². The smallest absolute Gasteiger partial charge is 0.00879 e. The molecule has 0 saturated heterocycles. The summed E-state index contributed by atoms with van der Waals surface area (Å²) >= 11 is 3.66. The average Bonchev–Trinajstić information content (AvgIpc) is 2.06. The molecule has 12 heavy (non-hydrogen) atoms. The topological polar surface area (TPSA) is 0 Å². The van der Waals surface area contributed by atoms with Crippen molar-refractivity contribution in [3.8, 4) is 0 Å². The van der Waals surface area contributed by atoms with Crippen LogP contribution < -0.4 is 0 Å². The van der Waals surface area contributed by atoms with E-state index in [1.54, 1.807) is 0 Å². The summed E-state index contributed by atoms with van der Waals surface area (Å²) < 4.78 is 0. The van der Waals surface area contributed by atoms with E-state index in [-0.39, 0.29) is 0 Å². The van der Waals surface area contributed by atoms with Crippen LogP contribution in [0, 0.1) is 5.41 Å². The predicted molar refractivity (Wildman–Crippen MR) is 58.7 cm³/mol. The highest BCUT2D eigenvalue weighted by Gasteiger charge is 2.25. The standard InChI is InChI=1S/C11H19Br/c1-2-11(10-12)8-6-4-3-5-7-9-11/h3-4H,2,5-10H2,1H3/b4-3-. The summed E-state index contributed by atoms with van der Waals surface area (Å²) in [5, 5.41) is 1.18. The Balaban J connectivity index is 2.55. The van der Waals surface area contributed by atoms with Gasteiger partial charge in [0.1, 0.15) is 0 Å². The Bertz CT molecular complexity index is 145. The average molecular weight is 231 g/mol. The minimum Gasteiger partial charge on any atom is -0.0922 e. The summed E-state index contributed by atoms with van der Waals surface area (Å²) in [5.74, 6) is 0. The number of allylic oxidation sites excluding steroid dienone is 2. The van der Waals surface area contributed by atoms with Gasteiger partial charge in [-0.05, 0) is 43.9 Å². The first kappa shape index (κ1) is 10.3. The van der Waals surface area contributed by atoms with E-state index in [9.17, 15) is 0 Å². The Morgan fingerprint density at radius 2 is 2.00 bits per heavy atom. The largest absolute Gasteiger partial charge is 0.0922 e. The van der Waals surface area contributed by atoms with Gasteiger partial charge in [-0.3, -0.25) is 0 Å². The molecule has 0 radical (unpaired) electrons. The van der Waals surface area contributed by atoms with Gasteiger partial charge in [0, 0.05) is 5.33 Å². The van der Waals surface area contributed by atoms with E-state index in [2.05, 4.69) is 35.0 Å². The van der Waals surface area contributed by atoms with E-state index in [0.29, 0.717) is 5.41 Å². The van der Waals surface area contributed by atoms with Crippen molar-refractivity contribution < 1.29 is 0 Å². The molecule has 0 N–H and O–H groups in total. The monoisotopic (exact) mass is 230 g/mol. The van der Waals surface area contributed by atoms with Crippen molar-refractivity contribution in [2.45, 2.75) is 45.4 Å². The van der Waals surface area contributed by atoms with E-state index >= 15 is 0 Å². The van der Waals surface area contributed by atoms with Crippen molar-refractivity contribution in [3.05, 3.63) is 12.2 Å². The maximum Gasteiger partial charge on any atom is 0.00879 e. The van der Waals surface area contributed by atoms with Crippen LogP contribution in [-0.2, 0) is 0 Å². The zero-order valence-electron chi connectivity index (χ0n) is 7.98. The molecule has 70 valence electrons. The first-order chi connectivity index (χ1) is 5.83. The second kappa shape index (κ2) is 5.06. The molecule has 0 aromatic rings. The molecular weight excluding hydrogens is 212 g/mol. The Kier molecular flexibility index (Phi) is 4.34. The van der Waals surface area contributed by atoms with Gasteiger partial charge in [-0.1, -0.05) is 35.0 Å². The quantitative estimate of drug-likeness (QED) is 0.491. The lowest BCUT2D eigenvalue weighted by Crippen LogP contribution is -2.22. The molecule has 0 bridgehead atoms. The second-order valence-corrected chi connectivity index (χ2v) is 4.45. The van der Waals surface area contributed by atoms with Crippen molar-refractivity contribution in [2.75, 3.05) is 5.33 Å². The summed E-state index contributed by atoms with van der Waals surface area (Å²) in [6.45, 7) is 2.33. The van der Waals surface area contributed by atoms with Gasteiger partial charge in [-0.25, -0.2) is 0 Å². The molecule has 1 atom stereocenters. The predicted octanol–water partition coefficient (Wildman–Crippen LogP) is 4.30. The molecule has 0 aromatic heterocycles. The molecule has 1 rings (SSSR count). The first-order valence-electron chi connectivity index (χ1n) is 5.04. The Morgan fingerprint density at radius 1 is 1.25 bits per heavy atom. The Morgan fingerprint density at radius 3 is 2.67 bits per heavy atom. The lowest BCUT2D eigenvalue weighted by Gasteiger charge is -2.31. The van der Waals surface area contributed by atoms with Gasteiger partial charge in [-0.2, -0.15) is 0 Å². The van der Waals surface area contributed by atoms with Gasteiger partial charge >= 0.3 is 0 Å². The molecule has 1 unspecified atom stereocenters. The van der Waals surface area contributed by atoms with Crippen LogP contribution in [-0.4, -0.2) is 5.33 Å². The second-order valence-electron chi connectivity index (χ2n) is 3.89. The summed E-state index contributed by atoms with van der Waals surface area (Å²) in [6, 6.07) is 0. The van der Waals surface area contributed by atoms with Crippen LogP contribution in [0.15, 0.2) is 12.2 Å². The van der Waals surface area contributed by atoms with Crippen LogP contribution in [0.4, 0.5) is 0 Å². The van der Waals surface area contributed by atoms with Crippen LogP contribution in [0.3, 0.4) is 0 Å². The summed E-state index contributed by atoms with van der Waals surface area (Å²) in [6.07, 6.45) is 12.7. The molecule has 1 aliphatic carbocycles. The van der Waals surface area contributed by atoms with E-state index in [1.165, 1.54) is 43.9 Å².